The van der Waals surface area contributed by atoms with Gasteiger partial charge in [-0.1, -0.05) is 194 Å². The molecule has 0 bridgehead atoms. The zero-order valence-electron chi connectivity index (χ0n) is 34.6. The molecule has 296 valence electrons. The van der Waals surface area contributed by atoms with Gasteiger partial charge < -0.3 is 0 Å². The molecule has 0 N–H and O–H groups in total. The third-order valence-electron chi connectivity index (χ3n) is 12.9. The molecule has 0 aliphatic carbocycles. The highest BCUT2D eigenvalue weighted by Crippen LogP contribution is 2.40. The minimum absolute atomic E-state index is 0.618. The maximum atomic E-state index is 5.36. The summed E-state index contributed by atoms with van der Waals surface area (Å²) in [5, 5.41) is 15.2. The van der Waals surface area contributed by atoms with Crippen molar-refractivity contribution in [3.8, 4) is 56.5 Å². The number of nitrogens with zero attached hydrogens (tertiary/aromatic N) is 4. The Hall–Kier alpha value is -8.60. The quantitative estimate of drug-likeness (QED) is 0.162. The number of aromatic nitrogens is 4. The number of fused-ring (bicyclic) bond motifs is 11. The van der Waals surface area contributed by atoms with Crippen LogP contribution in [0.25, 0.3) is 132 Å². The molecule has 2 heterocycles. The van der Waals surface area contributed by atoms with Gasteiger partial charge in [0.2, 0.25) is 0 Å². The molecule has 0 unspecified atom stereocenters. The maximum absolute atomic E-state index is 5.36. The summed E-state index contributed by atoms with van der Waals surface area (Å²) in [4.78, 5) is 21.3. The minimum atomic E-state index is 0.618. The van der Waals surface area contributed by atoms with E-state index in [0.717, 1.165) is 71.5 Å². The first-order chi connectivity index (χ1) is 31.7. The lowest BCUT2D eigenvalue weighted by Gasteiger charge is -2.14. The van der Waals surface area contributed by atoms with Crippen LogP contribution in [0.5, 0.6) is 0 Å². The molecular formula is C60H36N4. The fraction of sp³-hybridized carbons (Fsp3) is 0. The maximum Gasteiger partial charge on any atom is 0.164 e. The number of pyridine rings is 1. The Morgan fingerprint density at radius 2 is 0.719 bits per heavy atom. The van der Waals surface area contributed by atoms with Gasteiger partial charge in [0.1, 0.15) is 0 Å². The van der Waals surface area contributed by atoms with Crippen molar-refractivity contribution < 1.29 is 0 Å². The molecule has 0 fully saturated rings. The van der Waals surface area contributed by atoms with E-state index in [1.807, 2.05) is 0 Å². The van der Waals surface area contributed by atoms with Crippen LogP contribution in [0, 0.1) is 0 Å². The third kappa shape index (κ3) is 5.84. The number of rotatable bonds is 5. The van der Waals surface area contributed by atoms with Crippen LogP contribution in [0.4, 0.5) is 0 Å². The lowest BCUT2D eigenvalue weighted by molar-refractivity contribution is 1.08. The Kier molecular flexibility index (Phi) is 8.18. The Labute approximate surface area is 368 Å². The monoisotopic (exact) mass is 812 g/mol. The van der Waals surface area contributed by atoms with E-state index in [9.17, 15) is 0 Å². The van der Waals surface area contributed by atoms with Gasteiger partial charge >= 0.3 is 0 Å². The first kappa shape index (κ1) is 36.1. The van der Waals surface area contributed by atoms with Gasteiger partial charge in [-0.15, -0.1) is 0 Å². The second-order valence-electron chi connectivity index (χ2n) is 16.5. The summed E-state index contributed by atoms with van der Waals surface area (Å²) < 4.78 is 0. The number of benzene rings is 11. The predicted molar refractivity (Wildman–Crippen MR) is 267 cm³/mol. The van der Waals surface area contributed by atoms with Crippen LogP contribution in [0.1, 0.15) is 0 Å². The Morgan fingerprint density at radius 1 is 0.234 bits per heavy atom. The normalized spacial score (nSPS) is 11.8. The predicted octanol–water partition coefficient (Wildman–Crippen LogP) is 15.7. The molecule has 0 aliphatic rings. The molecule has 13 rings (SSSR count). The molecule has 13 aromatic rings. The van der Waals surface area contributed by atoms with Crippen LogP contribution in [-0.2, 0) is 0 Å². The van der Waals surface area contributed by atoms with Crippen LogP contribution >= 0.6 is 0 Å². The summed E-state index contributed by atoms with van der Waals surface area (Å²) in [6.45, 7) is 0. The van der Waals surface area contributed by atoms with Gasteiger partial charge in [0.05, 0.1) is 11.2 Å². The summed E-state index contributed by atoms with van der Waals surface area (Å²) in [5.74, 6) is 1.89. The molecular weight excluding hydrogens is 777 g/mol. The molecule has 64 heavy (non-hydrogen) atoms. The summed E-state index contributed by atoms with van der Waals surface area (Å²) >= 11 is 0. The highest BCUT2D eigenvalue weighted by Gasteiger charge is 2.19. The van der Waals surface area contributed by atoms with Gasteiger partial charge in [-0.3, -0.25) is 0 Å². The summed E-state index contributed by atoms with van der Waals surface area (Å²) in [6.07, 6.45) is 0. The summed E-state index contributed by atoms with van der Waals surface area (Å²) in [6, 6.07) is 77.5. The first-order valence-electron chi connectivity index (χ1n) is 21.7. The van der Waals surface area contributed by atoms with Gasteiger partial charge in [0.25, 0.3) is 0 Å². The van der Waals surface area contributed by atoms with Crippen LogP contribution in [0.15, 0.2) is 218 Å². The van der Waals surface area contributed by atoms with Crippen molar-refractivity contribution >= 4 is 75.5 Å². The van der Waals surface area contributed by atoms with Gasteiger partial charge in [-0.05, 0) is 89.3 Å². The molecule has 4 heteroatoms. The van der Waals surface area contributed by atoms with Gasteiger partial charge in [-0.25, -0.2) is 19.9 Å². The average molecular weight is 813 g/mol. The van der Waals surface area contributed by atoms with Crippen molar-refractivity contribution in [2.45, 2.75) is 0 Å². The molecule has 0 radical (unpaired) electrons. The molecule has 2 aromatic heterocycles. The van der Waals surface area contributed by atoms with Gasteiger partial charge in [0.15, 0.2) is 17.5 Å². The largest absolute Gasteiger partial charge is 0.247 e. The van der Waals surface area contributed by atoms with E-state index in [2.05, 4.69) is 218 Å². The van der Waals surface area contributed by atoms with E-state index in [4.69, 9.17) is 19.9 Å². The summed E-state index contributed by atoms with van der Waals surface area (Å²) in [5.41, 5.74) is 8.06. The van der Waals surface area contributed by atoms with Crippen LogP contribution < -0.4 is 0 Å². The highest BCUT2D eigenvalue weighted by atomic mass is 15.0. The lowest BCUT2D eigenvalue weighted by Crippen LogP contribution is -2.01. The fourth-order valence-corrected chi connectivity index (χ4v) is 9.83. The topological polar surface area (TPSA) is 51.6 Å². The standard InChI is InChI=1S/C60H36N4/c1-6-21-46-38(14-1)32-33-52-56(46)51-26-11-12-27-55(51)61-57(52)39-30-28-37(29-31-39)40-17-13-18-43(34-40)58-62-59(53-35-41-15-2-4-19-44(41)47-22-7-9-24-49(47)53)64-60(63-58)54-36-42-16-3-5-20-45(42)48-23-8-10-25-50(48)54/h1-36H. The van der Waals surface area contributed by atoms with Crippen molar-refractivity contribution in [3.05, 3.63) is 218 Å². The smallest absolute Gasteiger partial charge is 0.164 e. The number of hydrogen-bond donors (Lipinski definition) is 0. The van der Waals surface area contributed by atoms with Crippen LogP contribution in [0.3, 0.4) is 0 Å². The second-order valence-corrected chi connectivity index (χ2v) is 16.5. The van der Waals surface area contributed by atoms with E-state index >= 15 is 0 Å². The molecule has 0 atom stereocenters. The molecule has 0 amide bonds. The van der Waals surface area contributed by atoms with Crippen molar-refractivity contribution in [2.24, 2.45) is 0 Å². The number of hydrogen-bond acceptors (Lipinski definition) is 4. The van der Waals surface area contributed by atoms with E-state index in [1.165, 1.54) is 43.1 Å². The van der Waals surface area contributed by atoms with E-state index in [-0.39, 0.29) is 0 Å². The average Bonchev–Trinajstić information content (AvgIpc) is 3.37. The van der Waals surface area contributed by atoms with Gasteiger partial charge in [-0.2, -0.15) is 0 Å². The van der Waals surface area contributed by atoms with Crippen molar-refractivity contribution in [1.29, 1.82) is 0 Å². The third-order valence-corrected chi connectivity index (χ3v) is 12.9. The SMILES string of the molecule is c1cc(-c2ccc(-c3nc4ccccc4c4c3ccc3ccccc34)cc2)cc(-c2nc(-c3cc4ccccc4c4ccccc34)nc(-c3cc4ccccc4c4ccccc34)n2)c1. The molecule has 0 spiro atoms. The fourth-order valence-electron chi connectivity index (χ4n) is 9.83. The zero-order valence-corrected chi connectivity index (χ0v) is 34.6. The molecule has 0 aliphatic heterocycles. The Bertz CT molecular complexity index is 3870. The van der Waals surface area contributed by atoms with Crippen molar-refractivity contribution in [2.75, 3.05) is 0 Å². The minimum Gasteiger partial charge on any atom is -0.247 e. The van der Waals surface area contributed by atoms with Gasteiger partial charge in [0, 0.05) is 38.4 Å². The van der Waals surface area contributed by atoms with Crippen molar-refractivity contribution in [1.82, 2.24) is 19.9 Å². The van der Waals surface area contributed by atoms with E-state index in [0.29, 0.717) is 17.5 Å². The van der Waals surface area contributed by atoms with Crippen LogP contribution in [-0.4, -0.2) is 19.9 Å². The summed E-state index contributed by atoms with van der Waals surface area (Å²) in [7, 11) is 0. The number of para-hydroxylation sites is 1. The molecule has 11 aromatic carbocycles. The lowest BCUT2D eigenvalue weighted by atomic mass is 9.94. The molecule has 0 saturated heterocycles. The Morgan fingerprint density at radius 3 is 1.36 bits per heavy atom. The first-order valence-corrected chi connectivity index (χ1v) is 21.7. The molecule has 4 nitrogen and oxygen atoms in total. The van der Waals surface area contributed by atoms with E-state index in [1.54, 1.807) is 0 Å². The Balaban J connectivity index is 0.973. The van der Waals surface area contributed by atoms with Crippen LogP contribution in [0.2, 0.25) is 0 Å². The zero-order chi connectivity index (χ0) is 42.1. The van der Waals surface area contributed by atoms with E-state index < -0.39 is 0 Å². The molecule has 0 saturated carbocycles. The second kappa shape index (κ2) is 14.5. The highest BCUT2D eigenvalue weighted by molar-refractivity contribution is 6.22. The van der Waals surface area contributed by atoms with Crippen molar-refractivity contribution in [3.63, 3.8) is 0 Å².